The highest BCUT2D eigenvalue weighted by Gasteiger charge is 2.14. The molecule has 0 aliphatic heterocycles. The standard InChI is InChI=1S/C13H15O2/c1-5-10-11(9(2)3)7-6-8-12(10)13(14)15-4/h5-8H,1H2,2-4H3. The molecule has 15 heavy (non-hydrogen) atoms. The van der Waals surface area contributed by atoms with Gasteiger partial charge in [-0.05, 0) is 23.1 Å². The van der Waals surface area contributed by atoms with Crippen LogP contribution in [-0.2, 0) is 4.74 Å². The van der Waals surface area contributed by atoms with E-state index in [1.807, 2.05) is 26.0 Å². The smallest absolute Gasteiger partial charge is 0.338 e. The summed E-state index contributed by atoms with van der Waals surface area (Å²) in [6.45, 7) is 7.74. The quantitative estimate of drug-likeness (QED) is 0.706. The van der Waals surface area contributed by atoms with Crippen LogP contribution in [0.5, 0.6) is 0 Å². The molecule has 2 nitrogen and oxygen atoms in total. The fourth-order valence-corrected chi connectivity index (χ4v) is 1.51. The Balaban J connectivity index is 3.34. The number of hydrogen-bond donors (Lipinski definition) is 0. The molecule has 0 bridgehead atoms. The summed E-state index contributed by atoms with van der Waals surface area (Å²) >= 11 is 0. The second-order valence-corrected chi connectivity index (χ2v) is 3.46. The minimum Gasteiger partial charge on any atom is -0.465 e. The summed E-state index contributed by atoms with van der Waals surface area (Å²) in [6, 6.07) is 5.57. The van der Waals surface area contributed by atoms with Gasteiger partial charge >= 0.3 is 5.97 Å². The van der Waals surface area contributed by atoms with E-state index in [2.05, 4.69) is 6.58 Å². The summed E-state index contributed by atoms with van der Waals surface area (Å²) in [5.41, 5.74) is 2.43. The first-order chi connectivity index (χ1) is 7.11. The summed E-state index contributed by atoms with van der Waals surface area (Å²) in [4.78, 5) is 11.5. The Morgan fingerprint density at radius 3 is 2.40 bits per heavy atom. The lowest BCUT2D eigenvalue weighted by Gasteiger charge is -2.12. The van der Waals surface area contributed by atoms with Crippen molar-refractivity contribution in [2.45, 2.75) is 13.8 Å². The number of carbonyl (C=O) groups excluding carboxylic acids is 1. The molecular weight excluding hydrogens is 188 g/mol. The summed E-state index contributed by atoms with van der Waals surface area (Å²) in [5.74, 6) is 0.823. The van der Waals surface area contributed by atoms with Gasteiger partial charge < -0.3 is 4.74 Å². The normalized spacial score (nSPS) is 10.1. The van der Waals surface area contributed by atoms with Crippen LogP contribution in [0.1, 0.15) is 35.3 Å². The molecule has 0 fully saturated rings. The highest BCUT2D eigenvalue weighted by Crippen LogP contribution is 2.23. The Kier molecular flexibility index (Phi) is 3.67. The molecular formula is C13H15O2. The van der Waals surface area contributed by atoms with E-state index in [-0.39, 0.29) is 5.97 Å². The van der Waals surface area contributed by atoms with Gasteiger partial charge in [-0.2, -0.15) is 0 Å². The van der Waals surface area contributed by atoms with Crippen LogP contribution >= 0.6 is 0 Å². The van der Waals surface area contributed by atoms with E-state index >= 15 is 0 Å². The van der Waals surface area contributed by atoms with E-state index in [0.29, 0.717) is 5.56 Å². The first kappa shape index (κ1) is 11.5. The molecule has 0 unspecified atom stereocenters. The van der Waals surface area contributed by atoms with Gasteiger partial charge in [-0.3, -0.25) is 0 Å². The lowest BCUT2D eigenvalue weighted by atomic mass is 9.93. The molecule has 0 amide bonds. The maximum Gasteiger partial charge on any atom is 0.338 e. The van der Waals surface area contributed by atoms with Crippen LogP contribution < -0.4 is 0 Å². The third-order valence-corrected chi connectivity index (χ3v) is 2.25. The largest absolute Gasteiger partial charge is 0.465 e. The first-order valence-electron chi connectivity index (χ1n) is 4.76. The van der Waals surface area contributed by atoms with Crippen molar-refractivity contribution >= 4 is 12.0 Å². The second-order valence-electron chi connectivity index (χ2n) is 3.46. The zero-order chi connectivity index (χ0) is 11.4. The van der Waals surface area contributed by atoms with Gasteiger partial charge in [0.05, 0.1) is 12.7 Å². The minimum atomic E-state index is -0.326. The number of hydrogen-bond acceptors (Lipinski definition) is 2. The molecule has 1 rings (SSSR count). The van der Waals surface area contributed by atoms with Crippen LogP contribution in [0.15, 0.2) is 24.8 Å². The van der Waals surface area contributed by atoms with Gasteiger partial charge in [-0.15, -0.1) is 0 Å². The zero-order valence-electron chi connectivity index (χ0n) is 9.33. The van der Waals surface area contributed by atoms with Crippen molar-refractivity contribution in [3.63, 3.8) is 0 Å². The average Bonchev–Trinajstić information content (AvgIpc) is 2.26. The van der Waals surface area contributed by atoms with Gasteiger partial charge in [-0.25, -0.2) is 4.79 Å². The van der Waals surface area contributed by atoms with Gasteiger partial charge in [0.15, 0.2) is 0 Å². The maximum absolute atomic E-state index is 11.5. The SMILES string of the molecule is C=Cc1c([C](C)C)cccc1C(=O)OC. The molecule has 0 N–H and O–H groups in total. The molecule has 1 aromatic carbocycles. The molecule has 0 saturated carbocycles. The number of rotatable bonds is 3. The lowest BCUT2D eigenvalue weighted by molar-refractivity contribution is 0.0600. The summed E-state index contributed by atoms with van der Waals surface area (Å²) in [6.07, 6.45) is 1.69. The Morgan fingerprint density at radius 2 is 1.93 bits per heavy atom. The highest BCUT2D eigenvalue weighted by molar-refractivity contribution is 5.94. The maximum atomic E-state index is 11.5. The van der Waals surface area contributed by atoms with Crippen LogP contribution in [0.25, 0.3) is 6.08 Å². The van der Waals surface area contributed by atoms with Crippen molar-refractivity contribution in [1.82, 2.24) is 0 Å². The Labute approximate surface area is 90.6 Å². The van der Waals surface area contributed by atoms with Gasteiger partial charge in [-0.1, -0.05) is 38.6 Å². The Bertz CT molecular complexity index is 378. The fraction of sp³-hybridized carbons (Fsp3) is 0.231. The topological polar surface area (TPSA) is 26.3 Å². The molecule has 0 spiro atoms. The van der Waals surface area contributed by atoms with Crippen LogP contribution in [0.4, 0.5) is 0 Å². The van der Waals surface area contributed by atoms with Crippen LogP contribution in [0, 0.1) is 5.92 Å². The van der Waals surface area contributed by atoms with E-state index in [4.69, 9.17) is 4.74 Å². The molecule has 1 aromatic rings. The van der Waals surface area contributed by atoms with Crippen molar-refractivity contribution in [3.8, 4) is 0 Å². The Morgan fingerprint density at radius 1 is 1.33 bits per heavy atom. The van der Waals surface area contributed by atoms with Crippen molar-refractivity contribution in [2.24, 2.45) is 0 Å². The third kappa shape index (κ3) is 2.27. The average molecular weight is 203 g/mol. The Hall–Kier alpha value is -1.57. The van der Waals surface area contributed by atoms with E-state index in [0.717, 1.165) is 17.0 Å². The van der Waals surface area contributed by atoms with Crippen LogP contribution in [0.3, 0.4) is 0 Å². The molecule has 0 heterocycles. The van der Waals surface area contributed by atoms with Crippen molar-refractivity contribution in [2.75, 3.05) is 7.11 Å². The predicted octanol–water partition coefficient (Wildman–Crippen LogP) is 3.08. The summed E-state index contributed by atoms with van der Waals surface area (Å²) < 4.78 is 4.72. The van der Waals surface area contributed by atoms with E-state index < -0.39 is 0 Å². The fourth-order valence-electron chi connectivity index (χ4n) is 1.51. The van der Waals surface area contributed by atoms with E-state index in [9.17, 15) is 4.79 Å². The highest BCUT2D eigenvalue weighted by atomic mass is 16.5. The summed E-state index contributed by atoms with van der Waals surface area (Å²) in [5, 5.41) is 0. The van der Waals surface area contributed by atoms with Gasteiger partial charge in [0, 0.05) is 0 Å². The molecule has 79 valence electrons. The molecule has 1 radical (unpaired) electrons. The predicted molar refractivity (Wildman–Crippen MR) is 61.6 cm³/mol. The molecule has 0 aromatic heterocycles. The van der Waals surface area contributed by atoms with Crippen LogP contribution in [0.2, 0.25) is 0 Å². The molecule has 0 aliphatic rings. The zero-order valence-corrected chi connectivity index (χ0v) is 9.33. The minimum absolute atomic E-state index is 0.326. The first-order valence-corrected chi connectivity index (χ1v) is 4.76. The van der Waals surface area contributed by atoms with Crippen LogP contribution in [-0.4, -0.2) is 13.1 Å². The number of methoxy groups -OCH3 is 1. The van der Waals surface area contributed by atoms with Gasteiger partial charge in [0.1, 0.15) is 0 Å². The molecule has 0 aliphatic carbocycles. The number of esters is 1. The molecule has 2 heteroatoms. The van der Waals surface area contributed by atoms with Crippen molar-refractivity contribution in [1.29, 1.82) is 0 Å². The van der Waals surface area contributed by atoms with Gasteiger partial charge in [0.2, 0.25) is 0 Å². The monoisotopic (exact) mass is 203 g/mol. The molecule has 0 atom stereocenters. The van der Waals surface area contributed by atoms with E-state index in [1.54, 1.807) is 12.1 Å². The second kappa shape index (κ2) is 4.78. The number of benzene rings is 1. The number of ether oxygens (including phenoxy) is 1. The summed E-state index contributed by atoms with van der Waals surface area (Å²) in [7, 11) is 1.38. The third-order valence-electron chi connectivity index (χ3n) is 2.25. The lowest BCUT2D eigenvalue weighted by Crippen LogP contribution is -2.06. The van der Waals surface area contributed by atoms with Crippen molar-refractivity contribution in [3.05, 3.63) is 47.4 Å². The van der Waals surface area contributed by atoms with E-state index in [1.165, 1.54) is 7.11 Å². The number of carbonyl (C=O) groups is 1. The van der Waals surface area contributed by atoms with Gasteiger partial charge in [0.25, 0.3) is 0 Å². The van der Waals surface area contributed by atoms with Crippen molar-refractivity contribution < 1.29 is 9.53 Å². The molecule has 0 saturated heterocycles.